The maximum absolute atomic E-state index is 11.4. The zero-order chi connectivity index (χ0) is 18.2. The summed E-state index contributed by atoms with van der Waals surface area (Å²) in [4.78, 5) is 8.35. The van der Waals surface area contributed by atoms with Crippen LogP contribution < -0.4 is 5.32 Å². The maximum Gasteiger partial charge on any atom is 0.472 e. The predicted octanol–water partition coefficient (Wildman–Crippen LogP) is 3.64. The van der Waals surface area contributed by atoms with Crippen LogP contribution >= 0.6 is 7.82 Å². The third-order valence-corrected chi connectivity index (χ3v) is 2.36. The van der Waals surface area contributed by atoms with Crippen molar-refractivity contribution in [3.63, 3.8) is 0 Å². The van der Waals surface area contributed by atoms with Gasteiger partial charge in [0.25, 0.3) is 0 Å². The normalized spacial score (nSPS) is 13.3. The van der Waals surface area contributed by atoms with Gasteiger partial charge >= 0.3 is 20.2 Å². The lowest BCUT2D eigenvalue weighted by atomic mass is 10.3. The fourth-order valence-electron chi connectivity index (χ4n) is 1.01. The van der Waals surface area contributed by atoms with E-state index < -0.39 is 33.4 Å². The second-order valence-electron chi connectivity index (χ2n) is 4.72. The molecule has 0 aliphatic rings. The molecule has 0 atom stereocenters. The number of alkyl halides is 6. The van der Waals surface area contributed by atoms with Gasteiger partial charge in [0.2, 0.25) is 0 Å². The predicted molar refractivity (Wildman–Crippen MR) is 67.2 cm³/mol. The van der Waals surface area contributed by atoms with Crippen LogP contribution in [-0.2, 0) is 13.6 Å². The highest BCUT2D eigenvalue weighted by atomic mass is 31.2. The first-order valence-electron chi connectivity index (χ1n) is 6.05. The number of halogens is 6. The summed E-state index contributed by atoms with van der Waals surface area (Å²) >= 11 is 0. The van der Waals surface area contributed by atoms with Gasteiger partial charge in [-0.2, -0.15) is 26.3 Å². The topological polar surface area (TPSA) is 67.8 Å². The van der Waals surface area contributed by atoms with Gasteiger partial charge < -0.3 is 10.2 Å². The van der Waals surface area contributed by atoms with E-state index in [4.69, 9.17) is 4.89 Å². The van der Waals surface area contributed by atoms with Crippen LogP contribution in [0, 0.1) is 0 Å². The molecule has 0 radical (unpaired) electrons. The van der Waals surface area contributed by atoms with Gasteiger partial charge in [0.05, 0.1) is 0 Å². The lowest BCUT2D eigenvalue weighted by Gasteiger charge is -2.14. The van der Waals surface area contributed by atoms with Crippen LogP contribution in [0.5, 0.6) is 0 Å². The molecule has 0 rings (SSSR count). The van der Waals surface area contributed by atoms with Gasteiger partial charge in [-0.1, -0.05) is 27.7 Å². The number of nitrogens with one attached hydrogen (secondary N) is 1. The summed E-state index contributed by atoms with van der Waals surface area (Å²) in [6.45, 7) is 4.28. The average Bonchev–Trinajstić information content (AvgIpc) is 2.21. The van der Waals surface area contributed by atoms with E-state index in [1.807, 2.05) is 0 Å². The van der Waals surface area contributed by atoms with Crippen molar-refractivity contribution in [1.82, 2.24) is 5.32 Å². The Bertz CT molecular complexity index is 317. The molecule has 2 N–H and O–H groups in total. The van der Waals surface area contributed by atoms with Gasteiger partial charge in [0.15, 0.2) is 13.2 Å². The summed E-state index contributed by atoms with van der Waals surface area (Å²) in [5, 5.41) is 3.31. The highest BCUT2D eigenvalue weighted by Crippen LogP contribution is 2.45. The molecule has 0 aliphatic carbocycles. The van der Waals surface area contributed by atoms with Crippen molar-refractivity contribution >= 4 is 7.82 Å². The molecule has 12 heteroatoms. The molecule has 0 unspecified atom stereocenters. The summed E-state index contributed by atoms with van der Waals surface area (Å²) < 4.78 is 85.5. The first-order valence-corrected chi connectivity index (χ1v) is 7.55. The van der Waals surface area contributed by atoms with E-state index in [-0.39, 0.29) is 0 Å². The van der Waals surface area contributed by atoms with Crippen molar-refractivity contribution in [3.8, 4) is 0 Å². The molecule has 0 aromatic heterocycles. The Balaban J connectivity index is 0. The highest BCUT2D eigenvalue weighted by molar-refractivity contribution is 7.47. The molecule has 0 spiro atoms. The molecular weight excluding hydrogens is 343 g/mol. The van der Waals surface area contributed by atoms with E-state index in [1.165, 1.54) is 0 Å². The zero-order valence-electron chi connectivity index (χ0n) is 12.5. The highest BCUT2D eigenvalue weighted by Gasteiger charge is 2.37. The molecule has 0 heterocycles. The molecule has 0 fully saturated rings. The monoisotopic (exact) mass is 363 g/mol. The quantitative estimate of drug-likeness (QED) is 0.557. The Hall–Kier alpha value is -0.350. The van der Waals surface area contributed by atoms with Crippen LogP contribution in [0.15, 0.2) is 0 Å². The third-order valence-electron chi connectivity index (χ3n) is 1.45. The van der Waals surface area contributed by atoms with Gasteiger partial charge in [-0.05, 0) is 0 Å². The molecule has 0 saturated carbocycles. The van der Waals surface area contributed by atoms with Crippen molar-refractivity contribution in [2.45, 2.75) is 52.1 Å². The summed E-state index contributed by atoms with van der Waals surface area (Å²) in [6.07, 6.45) is -9.86. The zero-order valence-corrected chi connectivity index (χ0v) is 13.4. The van der Waals surface area contributed by atoms with Crippen molar-refractivity contribution in [2.75, 3.05) is 13.2 Å². The molecule has 0 aliphatic heterocycles. The van der Waals surface area contributed by atoms with E-state index in [1.54, 1.807) is 0 Å². The van der Waals surface area contributed by atoms with Crippen molar-refractivity contribution < 1.29 is 44.8 Å². The summed E-state index contributed by atoms with van der Waals surface area (Å²) in [7, 11) is -5.33. The summed E-state index contributed by atoms with van der Waals surface area (Å²) in [5.41, 5.74) is 0. The smallest absolute Gasteiger partial charge is 0.312 e. The Kier molecular flexibility index (Phi) is 10.6. The molecule has 0 amide bonds. The number of phosphoric acid groups is 1. The molecule has 22 heavy (non-hydrogen) atoms. The number of hydrogen-bond acceptors (Lipinski definition) is 4. The number of phosphoric ester groups is 1. The Morgan fingerprint density at radius 1 is 0.909 bits per heavy atom. The van der Waals surface area contributed by atoms with E-state index in [9.17, 15) is 30.9 Å². The van der Waals surface area contributed by atoms with Crippen molar-refractivity contribution in [3.05, 3.63) is 0 Å². The van der Waals surface area contributed by atoms with Gasteiger partial charge in [-0.3, -0.25) is 9.05 Å². The van der Waals surface area contributed by atoms with E-state index in [2.05, 4.69) is 42.1 Å². The molecule has 0 bridgehead atoms. The fourth-order valence-corrected chi connectivity index (χ4v) is 1.71. The van der Waals surface area contributed by atoms with Gasteiger partial charge in [-0.15, -0.1) is 0 Å². The Morgan fingerprint density at radius 2 is 1.18 bits per heavy atom. The lowest BCUT2D eigenvalue weighted by Crippen LogP contribution is -2.29. The first-order chi connectivity index (χ1) is 9.54. The van der Waals surface area contributed by atoms with Crippen LogP contribution in [0.3, 0.4) is 0 Å². The Morgan fingerprint density at radius 3 is 1.32 bits per heavy atom. The molecule has 0 aromatic rings. The van der Waals surface area contributed by atoms with Gasteiger partial charge in [0, 0.05) is 12.1 Å². The van der Waals surface area contributed by atoms with Crippen LogP contribution in [0.4, 0.5) is 26.3 Å². The largest absolute Gasteiger partial charge is 0.472 e. The standard InChI is InChI=1S/C6H15N.C4H5F6O4P/c1-5(2)7-6(3)4;5-3(6,7)1-13-15(11,12)14-2-4(8,9)10/h5-7H,1-4H3;1-2H2,(H,11,12). The van der Waals surface area contributed by atoms with E-state index in [0.717, 1.165) is 0 Å². The Labute approximate surface area is 124 Å². The molecule has 0 aromatic carbocycles. The minimum atomic E-state index is -5.33. The molecule has 136 valence electrons. The second kappa shape index (κ2) is 9.71. The first kappa shape index (κ1) is 23.9. The number of hydrogen-bond donors (Lipinski definition) is 2. The van der Waals surface area contributed by atoms with Gasteiger partial charge in [-0.25, -0.2) is 4.57 Å². The van der Waals surface area contributed by atoms with Gasteiger partial charge in [0.1, 0.15) is 0 Å². The number of rotatable bonds is 6. The molecular formula is C10H20F6NO4P. The van der Waals surface area contributed by atoms with Crippen LogP contribution in [0.1, 0.15) is 27.7 Å². The molecule has 5 nitrogen and oxygen atoms in total. The average molecular weight is 363 g/mol. The third kappa shape index (κ3) is 21.9. The lowest BCUT2D eigenvalue weighted by molar-refractivity contribution is -0.169. The molecule has 0 saturated heterocycles. The summed E-state index contributed by atoms with van der Waals surface area (Å²) in [6, 6.07) is 1.25. The van der Waals surface area contributed by atoms with E-state index >= 15 is 0 Å². The van der Waals surface area contributed by atoms with Crippen LogP contribution in [-0.4, -0.2) is 42.5 Å². The second-order valence-corrected chi connectivity index (χ2v) is 6.18. The fraction of sp³-hybridized carbons (Fsp3) is 1.00. The van der Waals surface area contributed by atoms with Crippen LogP contribution in [0.2, 0.25) is 0 Å². The summed E-state index contributed by atoms with van der Waals surface area (Å²) in [5.74, 6) is 0. The maximum atomic E-state index is 11.4. The van der Waals surface area contributed by atoms with E-state index in [0.29, 0.717) is 12.1 Å². The van der Waals surface area contributed by atoms with Crippen molar-refractivity contribution in [2.24, 2.45) is 0 Å². The minimum absolute atomic E-state index is 0.625. The SMILES string of the molecule is CC(C)NC(C)C.O=P(O)(OCC(F)(F)F)OCC(F)(F)F. The minimum Gasteiger partial charge on any atom is -0.312 e. The van der Waals surface area contributed by atoms with Crippen LogP contribution in [0.25, 0.3) is 0 Å². The van der Waals surface area contributed by atoms with Crippen molar-refractivity contribution in [1.29, 1.82) is 0 Å².